The van der Waals surface area contributed by atoms with Gasteiger partial charge in [-0.25, -0.2) is 9.98 Å². The number of aliphatic imine (C=N–C) groups is 1. The number of nitrogens with zero attached hydrogens (tertiary/aromatic N) is 4. The summed E-state index contributed by atoms with van der Waals surface area (Å²) in [5.41, 5.74) is 7.81. The Labute approximate surface area is 155 Å². The molecule has 2 heterocycles. The van der Waals surface area contributed by atoms with E-state index in [4.69, 9.17) is 10.8 Å². The summed E-state index contributed by atoms with van der Waals surface area (Å²) in [6, 6.07) is 5.55. The Morgan fingerprint density at radius 3 is 2.63 bits per heavy atom. The van der Waals surface area contributed by atoms with Crippen molar-refractivity contribution in [3.05, 3.63) is 53.7 Å². The van der Waals surface area contributed by atoms with E-state index < -0.39 is 24.5 Å². The van der Waals surface area contributed by atoms with Crippen molar-refractivity contribution in [1.29, 1.82) is 0 Å². The maximum atomic E-state index is 12.7. The number of hydrogen-bond acceptors (Lipinski definition) is 6. The average Bonchev–Trinajstić information content (AvgIpc) is 3.14. The molecule has 9 nitrogen and oxygen atoms in total. The largest absolute Gasteiger partial charge is 0.508 e. The van der Waals surface area contributed by atoms with Crippen LogP contribution in [0.25, 0.3) is 6.08 Å². The lowest BCUT2D eigenvalue weighted by molar-refractivity contribution is -0.140. The van der Waals surface area contributed by atoms with Gasteiger partial charge in [-0.15, -0.1) is 0 Å². The van der Waals surface area contributed by atoms with Crippen LogP contribution in [-0.2, 0) is 23.1 Å². The van der Waals surface area contributed by atoms with Crippen LogP contribution in [0, 0.1) is 0 Å². The molecule has 0 saturated carbocycles. The topological polar surface area (TPSA) is 134 Å². The molecule has 140 valence electrons. The lowest BCUT2D eigenvalue weighted by atomic mass is 10.1. The minimum atomic E-state index is -1.16. The summed E-state index contributed by atoms with van der Waals surface area (Å²) in [5.74, 6) is -1.38. The molecule has 0 spiro atoms. The van der Waals surface area contributed by atoms with Crippen LogP contribution in [0.3, 0.4) is 0 Å². The maximum absolute atomic E-state index is 12.7. The van der Waals surface area contributed by atoms with E-state index in [1.54, 1.807) is 29.2 Å². The van der Waals surface area contributed by atoms with Gasteiger partial charge in [0.05, 0.1) is 12.4 Å². The normalized spacial score (nSPS) is 16.7. The van der Waals surface area contributed by atoms with Crippen LogP contribution >= 0.6 is 0 Å². The smallest absolute Gasteiger partial charge is 0.323 e. The highest BCUT2D eigenvalue weighted by Crippen LogP contribution is 2.21. The molecule has 2 aromatic rings. The number of benzene rings is 1. The lowest BCUT2D eigenvalue weighted by Crippen LogP contribution is -2.46. The number of carbonyl (C=O) groups excluding carboxylic acids is 1. The fourth-order valence-electron chi connectivity index (χ4n) is 2.77. The Morgan fingerprint density at radius 2 is 2.04 bits per heavy atom. The predicted molar refractivity (Wildman–Crippen MR) is 97.8 cm³/mol. The van der Waals surface area contributed by atoms with E-state index in [1.807, 2.05) is 7.05 Å². The van der Waals surface area contributed by atoms with Crippen molar-refractivity contribution in [3.8, 4) is 5.75 Å². The van der Waals surface area contributed by atoms with Gasteiger partial charge in [0.15, 0.2) is 0 Å². The van der Waals surface area contributed by atoms with Gasteiger partial charge >= 0.3 is 5.97 Å². The van der Waals surface area contributed by atoms with Gasteiger partial charge in [0.25, 0.3) is 5.91 Å². The number of carbonyl (C=O) groups is 2. The summed E-state index contributed by atoms with van der Waals surface area (Å²) in [5, 5.41) is 18.5. The van der Waals surface area contributed by atoms with E-state index in [2.05, 4.69) is 9.98 Å². The average molecular weight is 369 g/mol. The first-order valence-corrected chi connectivity index (χ1v) is 8.19. The highest BCUT2D eigenvalue weighted by Gasteiger charge is 2.35. The minimum absolute atomic E-state index is 0.0948. The second-order valence-electron chi connectivity index (χ2n) is 6.18. The van der Waals surface area contributed by atoms with Gasteiger partial charge in [-0.2, -0.15) is 0 Å². The Kier molecular flexibility index (Phi) is 5.04. The summed E-state index contributed by atoms with van der Waals surface area (Å²) < 4.78 is 1.80. The third-order valence-electron chi connectivity index (χ3n) is 4.14. The van der Waals surface area contributed by atoms with E-state index >= 15 is 0 Å². The van der Waals surface area contributed by atoms with Gasteiger partial charge in [0.2, 0.25) is 0 Å². The van der Waals surface area contributed by atoms with Crippen LogP contribution in [0.2, 0.25) is 0 Å². The second kappa shape index (κ2) is 7.42. The number of aromatic hydroxyl groups is 1. The van der Waals surface area contributed by atoms with Gasteiger partial charge < -0.3 is 20.5 Å². The van der Waals surface area contributed by atoms with Gasteiger partial charge in [0.1, 0.15) is 23.8 Å². The van der Waals surface area contributed by atoms with Crippen LogP contribution < -0.4 is 5.73 Å². The summed E-state index contributed by atoms with van der Waals surface area (Å²) >= 11 is 0. The molecular formula is C18H19N5O4. The van der Waals surface area contributed by atoms with Crippen molar-refractivity contribution in [2.24, 2.45) is 17.8 Å². The molecule has 4 N–H and O–H groups in total. The highest BCUT2D eigenvalue weighted by atomic mass is 16.4. The van der Waals surface area contributed by atoms with E-state index in [9.17, 15) is 14.7 Å². The molecule has 0 aliphatic carbocycles. The number of aromatic nitrogens is 2. The summed E-state index contributed by atoms with van der Waals surface area (Å²) in [6.07, 6.45) is 5.17. The van der Waals surface area contributed by atoms with Crippen LogP contribution in [0.4, 0.5) is 0 Å². The van der Waals surface area contributed by atoms with Gasteiger partial charge in [-0.3, -0.25) is 14.5 Å². The van der Waals surface area contributed by atoms with Crippen LogP contribution in [-0.4, -0.2) is 55.0 Å². The molecule has 0 saturated heterocycles. The SMILES string of the molecule is Cn1cncc1C[C@H](N)C1=N/C(=C\c2ccc(O)cc2)C(=O)N1CC(=O)O. The summed E-state index contributed by atoms with van der Waals surface area (Å²) in [7, 11) is 1.82. The molecule has 9 heteroatoms. The Morgan fingerprint density at radius 1 is 1.33 bits per heavy atom. The molecule has 3 rings (SSSR count). The van der Waals surface area contributed by atoms with E-state index in [1.165, 1.54) is 18.2 Å². The zero-order chi connectivity index (χ0) is 19.6. The Bertz CT molecular complexity index is 929. The number of carboxylic acids is 1. The quantitative estimate of drug-likeness (QED) is 0.630. The molecule has 1 aromatic heterocycles. The molecule has 0 unspecified atom stereocenters. The van der Waals surface area contributed by atoms with Crippen molar-refractivity contribution in [2.75, 3.05) is 6.54 Å². The molecule has 1 aromatic carbocycles. The number of imidazole rings is 1. The van der Waals surface area contributed by atoms with Gasteiger partial charge in [-0.05, 0) is 23.8 Å². The number of aryl methyl sites for hydroxylation is 1. The number of aliphatic carboxylic acids is 1. The van der Waals surface area contributed by atoms with Crippen molar-refractivity contribution in [1.82, 2.24) is 14.5 Å². The fourth-order valence-corrected chi connectivity index (χ4v) is 2.77. The molecule has 1 amide bonds. The molecule has 0 radical (unpaired) electrons. The van der Waals surface area contributed by atoms with E-state index in [-0.39, 0.29) is 17.3 Å². The van der Waals surface area contributed by atoms with E-state index in [0.717, 1.165) is 10.6 Å². The molecule has 0 bridgehead atoms. The number of phenolic OH excluding ortho intramolecular Hbond substituents is 1. The predicted octanol–water partition coefficient (Wildman–Crippen LogP) is 0.362. The first-order valence-electron chi connectivity index (χ1n) is 8.19. The molecular weight excluding hydrogens is 350 g/mol. The van der Waals surface area contributed by atoms with E-state index in [0.29, 0.717) is 12.0 Å². The standard InChI is InChI=1S/C18H19N5O4/c1-22-10-20-8-12(22)7-14(19)17-21-15(18(27)23(17)9-16(25)26)6-11-2-4-13(24)5-3-11/h2-6,8,10,14,24H,7,9,19H2,1H3,(H,25,26)/b15-6-/t14-/m0/s1. The second-order valence-corrected chi connectivity index (χ2v) is 6.18. The Hall–Kier alpha value is -3.46. The third-order valence-corrected chi connectivity index (χ3v) is 4.14. The summed E-state index contributed by atoms with van der Waals surface area (Å²) in [6.45, 7) is -0.524. The number of carboxylic acid groups (broad SMARTS) is 1. The lowest BCUT2D eigenvalue weighted by Gasteiger charge is -2.20. The number of rotatable bonds is 6. The number of phenols is 1. The van der Waals surface area contributed by atoms with Gasteiger partial charge in [0, 0.05) is 25.4 Å². The zero-order valence-corrected chi connectivity index (χ0v) is 14.6. The number of nitrogens with two attached hydrogens (primary N) is 1. The van der Waals surface area contributed by atoms with Crippen molar-refractivity contribution < 1.29 is 19.8 Å². The van der Waals surface area contributed by atoms with Crippen LogP contribution in [0.5, 0.6) is 5.75 Å². The summed E-state index contributed by atoms with van der Waals surface area (Å²) in [4.78, 5) is 33.3. The molecule has 1 aliphatic heterocycles. The molecule has 0 fully saturated rings. The molecule has 1 atom stereocenters. The van der Waals surface area contributed by atoms with Crippen LogP contribution in [0.15, 0.2) is 47.5 Å². The fraction of sp³-hybridized carbons (Fsp3) is 0.222. The first kappa shape index (κ1) is 18.3. The first-order chi connectivity index (χ1) is 12.8. The number of hydrogen-bond donors (Lipinski definition) is 3. The van der Waals surface area contributed by atoms with Crippen molar-refractivity contribution in [2.45, 2.75) is 12.5 Å². The monoisotopic (exact) mass is 369 g/mol. The van der Waals surface area contributed by atoms with Gasteiger partial charge in [-0.1, -0.05) is 12.1 Å². The Balaban J connectivity index is 1.91. The highest BCUT2D eigenvalue weighted by molar-refractivity contribution is 6.16. The van der Waals surface area contributed by atoms with Crippen LogP contribution in [0.1, 0.15) is 11.3 Å². The zero-order valence-electron chi connectivity index (χ0n) is 14.6. The van der Waals surface area contributed by atoms with Crippen molar-refractivity contribution in [3.63, 3.8) is 0 Å². The maximum Gasteiger partial charge on any atom is 0.323 e. The third kappa shape index (κ3) is 4.04. The molecule has 1 aliphatic rings. The van der Waals surface area contributed by atoms with Crippen molar-refractivity contribution >= 4 is 23.8 Å². The number of amides is 1. The molecule has 27 heavy (non-hydrogen) atoms. The number of amidine groups is 1. The minimum Gasteiger partial charge on any atom is -0.508 e.